The molecule has 0 aliphatic carbocycles. The summed E-state index contributed by atoms with van der Waals surface area (Å²) in [6.07, 6.45) is 6.29. The van der Waals surface area contributed by atoms with Crippen LogP contribution in [-0.2, 0) is 13.6 Å². The van der Waals surface area contributed by atoms with E-state index in [1.165, 1.54) is 37.2 Å². The lowest BCUT2D eigenvalue weighted by Gasteiger charge is -2.26. The Labute approximate surface area is 125 Å². The maximum Gasteiger partial charge on any atom is 0.122 e. The zero-order valence-electron chi connectivity index (χ0n) is 12.9. The van der Waals surface area contributed by atoms with Crippen LogP contribution in [0.5, 0.6) is 0 Å². The van der Waals surface area contributed by atoms with E-state index in [9.17, 15) is 0 Å². The molecule has 1 atom stereocenters. The Morgan fingerprint density at radius 3 is 2.81 bits per heavy atom. The summed E-state index contributed by atoms with van der Waals surface area (Å²) in [5.74, 6) is 1.06. The van der Waals surface area contributed by atoms with E-state index in [1.807, 2.05) is 24.0 Å². The van der Waals surface area contributed by atoms with Crippen molar-refractivity contribution in [1.29, 1.82) is 0 Å². The van der Waals surface area contributed by atoms with Crippen LogP contribution in [0.3, 0.4) is 0 Å². The van der Waals surface area contributed by atoms with E-state index in [0.717, 1.165) is 18.8 Å². The molecular formula is C16H24N4O. The SMILES string of the molecule is Cc1c(CNCC(c2ccco2)N2CCCC2)cnn1C. The van der Waals surface area contributed by atoms with E-state index < -0.39 is 0 Å². The molecule has 1 aliphatic heterocycles. The van der Waals surface area contributed by atoms with Crippen molar-refractivity contribution < 1.29 is 4.42 Å². The average molecular weight is 288 g/mol. The normalized spacial score (nSPS) is 17.4. The second-order valence-corrected chi connectivity index (χ2v) is 5.78. The van der Waals surface area contributed by atoms with Crippen molar-refractivity contribution in [2.75, 3.05) is 19.6 Å². The van der Waals surface area contributed by atoms with Crippen molar-refractivity contribution in [2.24, 2.45) is 7.05 Å². The molecule has 0 radical (unpaired) electrons. The summed E-state index contributed by atoms with van der Waals surface area (Å²) in [6.45, 7) is 6.19. The van der Waals surface area contributed by atoms with Gasteiger partial charge >= 0.3 is 0 Å². The molecule has 1 saturated heterocycles. The second-order valence-electron chi connectivity index (χ2n) is 5.78. The van der Waals surface area contributed by atoms with Gasteiger partial charge in [0.05, 0.1) is 18.5 Å². The molecule has 1 fully saturated rings. The zero-order valence-corrected chi connectivity index (χ0v) is 12.9. The molecule has 5 nitrogen and oxygen atoms in total. The van der Waals surface area contributed by atoms with Crippen molar-refractivity contribution in [2.45, 2.75) is 32.4 Å². The molecule has 3 heterocycles. The van der Waals surface area contributed by atoms with Crippen LogP contribution in [-0.4, -0.2) is 34.3 Å². The molecule has 5 heteroatoms. The van der Waals surface area contributed by atoms with Crippen LogP contribution in [0.15, 0.2) is 29.0 Å². The van der Waals surface area contributed by atoms with E-state index in [1.54, 1.807) is 6.26 Å². The molecule has 1 N–H and O–H groups in total. The average Bonchev–Trinajstić information content (AvgIpc) is 3.22. The molecule has 0 aromatic carbocycles. The molecule has 1 unspecified atom stereocenters. The summed E-state index contributed by atoms with van der Waals surface area (Å²) >= 11 is 0. The Morgan fingerprint density at radius 2 is 2.19 bits per heavy atom. The molecule has 3 rings (SSSR count). The highest BCUT2D eigenvalue weighted by Gasteiger charge is 2.25. The van der Waals surface area contributed by atoms with Crippen LogP contribution in [0, 0.1) is 6.92 Å². The predicted molar refractivity (Wildman–Crippen MR) is 81.9 cm³/mol. The van der Waals surface area contributed by atoms with E-state index in [4.69, 9.17) is 4.42 Å². The zero-order chi connectivity index (χ0) is 14.7. The standard InChI is InChI=1S/C16H24N4O/c1-13-14(11-18-19(13)2)10-17-12-15(16-6-5-9-21-16)20-7-3-4-8-20/h5-6,9,11,15,17H,3-4,7-8,10,12H2,1-2H3. The molecule has 21 heavy (non-hydrogen) atoms. The molecule has 0 bridgehead atoms. The van der Waals surface area contributed by atoms with Gasteiger partial charge in [-0.2, -0.15) is 5.10 Å². The van der Waals surface area contributed by atoms with Crippen LogP contribution in [0.4, 0.5) is 0 Å². The largest absolute Gasteiger partial charge is 0.468 e. The van der Waals surface area contributed by atoms with Gasteiger partial charge in [-0.05, 0) is 45.0 Å². The number of aromatic nitrogens is 2. The smallest absolute Gasteiger partial charge is 0.122 e. The molecule has 0 saturated carbocycles. The minimum absolute atomic E-state index is 0.333. The summed E-state index contributed by atoms with van der Waals surface area (Å²) in [7, 11) is 1.98. The quantitative estimate of drug-likeness (QED) is 0.885. The lowest BCUT2D eigenvalue weighted by molar-refractivity contribution is 0.209. The monoisotopic (exact) mass is 288 g/mol. The second kappa shape index (κ2) is 6.45. The lowest BCUT2D eigenvalue weighted by Crippen LogP contribution is -2.33. The third-order valence-corrected chi connectivity index (χ3v) is 4.44. The number of hydrogen-bond acceptors (Lipinski definition) is 4. The minimum Gasteiger partial charge on any atom is -0.468 e. The summed E-state index contributed by atoms with van der Waals surface area (Å²) in [5.41, 5.74) is 2.48. The maximum atomic E-state index is 5.64. The highest BCUT2D eigenvalue weighted by atomic mass is 16.3. The van der Waals surface area contributed by atoms with Gasteiger partial charge in [0.1, 0.15) is 5.76 Å². The van der Waals surface area contributed by atoms with Gasteiger partial charge in [-0.15, -0.1) is 0 Å². The number of nitrogens with zero attached hydrogens (tertiary/aromatic N) is 3. The van der Waals surface area contributed by atoms with Crippen molar-refractivity contribution in [3.8, 4) is 0 Å². The van der Waals surface area contributed by atoms with Gasteiger partial charge in [0.15, 0.2) is 0 Å². The van der Waals surface area contributed by atoms with Crippen molar-refractivity contribution in [1.82, 2.24) is 20.0 Å². The first kappa shape index (κ1) is 14.4. The van der Waals surface area contributed by atoms with Crippen LogP contribution < -0.4 is 5.32 Å². The molecule has 0 spiro atoms. The van der Waals surface area contributed by atoms with Crippen molar-refractivity contribution in [3.05, 3.63) is 41.6 Å². The van der Waals surface area contributed by atoms with Crippen molar-refractivity contribution >= 4 is 0 Å². The summed E-state index contributed by atoms with van der Waals surface area (Å²) < 4.78 is 7.56. The number of aryl methyl sites for hydroxylation is 1. The first-order valence-corrected chi connectivity index (χ1v) is 7.71. The molecule has 114 valence electrons. The Morgan fingerprint density at radius 1 is 1.38 bits per heavy atom. The number of rotatable bonds is 6. The number of furan rings is 1. The minimum atomic E-state index is 0.333. The molecule has 2 aromatic rings. The topological polar surface area (TPSA) is 46.2 Å². The fourth-order valence-electron chi connectivity index (χ4n) is 3.01. The van der Waals surface area contributed by atoms with Gasteiger partial charge < -0.3 is 9.73 Å². The van der Waals surface area contributed by atoms with E-state index in [2.05, 4.69) is 28.3 Å². The van der Waals surface area contributed by atoms with Gasteiger partial charge in [-0.3, -0.25) is 9.58 Å². The van der Waals surface area contributed by atoms with Crippen LogP contribution in [0.2, 0.25) is 0 Å². The third kappa shape index (κ3) is 3.19. The molecule has 2 aromatic heterocycles. The summed E-state index contributed by atoms with van der Waals surface area (Å²) in [4.78, 5) is 2.52. The highest BCUT2D eigenvalue weighted by Crippen LogP contribution is 2.25. The van der Waals surface area contributed by atoms with Gasteiger partial charge in [0, 0.05) is 31.4 Å². The van der Waals surface area contributed by atoms with E-state index >= 15 is 0 Å². The predicted octanol–water partition coefficient (Wildman–Crippen LogP) is 2.25. The fraction of sp³-hybridized carbons (Fsp3) is 0.562. The maximum absolute atomic E-state index is 5.64. The highest BCUT2D eigenvalue weighted by molar-refractivity contribution is 5.15. The van der Waals surface area contributed by atoms with Crippen LogP contribution in [0.25, 0.3) is 0 Å². The Hall–Kier alpha value is -1.59. The summed E-state index contributed by atoms with van der Waals surface area (Å²) in [6, 6.07) is 4.39. The van der Waals surface area contributed by atoms with Crippen molar-refractivity contribution in [3.63, 3.8) is 0 Å². The van der Waals surface area contributed by atoms with E-state index in [-0.39, 0.29) is 0 Å². The molecular weight excluding hydrogens is 264 g/mol. The first-order valence-electron chi connectivity index (χ1n) is 7.71. The Bertz CT molecular complexity index is 555. The third-order valence-electron chi connectivity index (χ3n) is 4.44. The fourth-order valence-corrected chi connectivity index (χ4v) is 3.01. The lowest BCUT2D eigenvalue weighted by atomic mass is 10.2. The van der Waals surface area contributed by atoms with Crippen LogP contribution >= 0.6 is 0 Å². The Kier molecular flexibility index (Phi) is 4.41. The van der Waals surface area contributed by atoms with Gasteiger partial charge in [0.2, 0.25) is 0 Å². The Balaban J connectivity index is 1.61. The van der Waals surface area contributed by atoms with Crippen LogP contribution in [0.1, 0.15) is 35.9 Å². The first-order chi connectivity index (χ1) is 10.3. The molecule has 0 amide bonds. The van der Waals surface area contributed by atoms with Gasteiger partial charge in [-0.25, -0.2) is 0 Å². The van der Waals surface area contributed by atoms with E-state index in [0.29, 0.717) is 6.04 Å². The van der Waals surface area contributed by atoms with Gasteiger partial charge in [0.25, 0.3) is 0 Å². The summed E-state index contributed by atoms with van der Waals surface area (Å²) in [5, 5.41) is 7.86. The number of hydrogen-bond donors (Lipinski definition) is 1. The number of nitrogens with one attached hydrogen (secondary N) is 1. The molecule has 1 aliphatic rings. The number of likely N-dealkylation sites (tertiary alicyclic amines) is 1. The van der Waals surface area contributed by atoms with Gasteiger partial charge in [-0.1, -0.05) is 0 Å².